The largest absolute Gasteiger partial charge is 0.457 e. The van der Waals surface area contributed by atoms with Crippen molar-refractivity contribution in [3.05, 3.63) is 76.5 Å². The average molecular weight is 415 g/mol. The molecule has 0 aliphatic rings. The number of hydrogen-bond donors (Lipinski definition) is 2. The number of furan rings is 1. The van der Waals surface area contributed by atoms with Crippen LogP contribution in [0.2, 0.25) is 10.0 Å². The number of amides is 2. The molecule has 0 aliphatic carbocycles. The first-order valence-corrected chi connectivity index (χ1v) is 9.08. The molecule has 5 nitrogen and oxygen atoms in total. The molecule has 0 radical (unpaired) electrons. The molecule has 2 N–H and O–H groups in total. The summed E-state index contributed by atoms with van der Waals surface area (Å²) in [5, 5.41) is 6.42. The van der Waals surface area contributed by atoms with Crippen LogP contribution >= 0.6 is 23.2 Å². The van der Waals surface area contributed by atoms with Gasteiger partial charge in [-0.05, 0) is 60.7 Å². The topological polar surface area (TPSA) is 71.3 Å². The number of halogens is 2. The molecule has 0 saturated carbocycles. The van der Waals surface area contributed by atoms with Crippen LogP contribution in [0.4, 0.5) is 11.4 Å². The monoisotopic (exact) mass is 414 g/mol. The maximum Gasteiger partial charge on any atom is 0.248 e. The Balaban J connectivity index is 1.63. The predicted molar refractivity (Wildman–Crippen MR) is 113 cm³/mol. The maximum atomic E-state index is 12.1. The number of anilines is 2. The molecular weight excluding hydrogens is 399 g/mol. The van der Waals surface area contributed by atoms with Gasteiger partial charge >= 0.3 is 0 Å². The van der Waals surface area contributed by atoms with E-state index in [2.05, 4.69) is 10.6 Å². The van der Waals surface area contributed by atoms with Crippen LogP contribution in [0.1, 0.15) is 12.7 Å². The van der Waals surface area contributed by atoms with Gasteiger partial charge in [-0.3, -0.25) is 9.59 Å². The van der Waals surface area contributed by atoms with Gasteiger partial charge in [-0.1, -0.05) is 23.2 Å². The minimum atomic E-state index is -0.310. The molecule has 0 saturated heterocycles. The van der Waals surface area contributed by atoms with E-state index >= 15 is 0 Å². The van der Waals surface area contributed by atoms with Crippen LogP contribution in [0, 0.1) is 0 Å². The molecule has 0 bridgehead atoms. The molecule has 28 heavy (non-hydrogen) atoms. The highest BCUT2D eigenvalue weighted by molar-refractivity contribution is 6.36. The van der Waals surface area contributed by atoms with E-state index in [0.29, 0.717) is 32.9 Å². The second-order valence-electron chi connectivity index (χ2n) is 5.91. The Kier molecular flexibility index (Phi) is 6.19. The SMILES string of the molecule is CC(=O)Nc1ccc(NC(=O)C=Cc2ccc(-c3ccc(Cl)cc3Cl)o2)cc1. The third kappa shape index (κ3) is 5.25. The van der Waals surface area contributed by atoms with Crippen molar-refractivity contribution < 1.29 is 14.0 Å². The van der Waals surface area contributed by atoms with Gasteiger partial charge in [0.1, 0.15) is 11.5 Å². The van der Waals surface area contributed by atoms with Crippen LogP contribution in [0.25, 0.3) is 17.4 Å². The van der Waals surface area contributed by atoms with Crippen LogP contribution < -0.4 is 10.6 Å². The Bertz CT molecular complexity index is 1040. The highest BCUT2D eigenvalue weighted by Gasteiger charge is 2.08. The van der Waals surface area contributed by atoms with Crippen LogP contribution in [0.15, 0.2) is 65.1 Å². The molecule has 1 heterocycles. The molecule has 0 aliphatic heterocycles. The fourth-order valence-electron chi connectivity index (χ4n) is 2.46. The second kappa shape index (κ2) is 8.78. The zero-order valence-electron chi connectivity index (χ0n) is 14.8. The number of carbonyl (C=O) groups excluding carboxylic acids is 2. The van der Waals surface area contributed by atoms with Gasteiger partial charge in [0.05, 0.1) is 5.02 Å². The van der Waals surface area contributed by atoms with E-state index in [4.69, 9.17) is 27.6 Å². The molecule has 7 heteroatoms. The minimum Gasteiger partial charge on any atom is -0.457 e. The fourth-order valence-corrected chi connectivity index (χ4v) is 2.96. The molecule has 3 rings (SSSR count). The Morgan fingerprint density at radius 2 is 1.61 bits per heavy atom. The number of rotatable bonds is 5. The summed E-state index contributed by atoms with van der Waals surface area (Å²) in [6.45, 7) is 1.43. The summed E-state index contributed by atoms with van der Waals surface area (Å²) in [6, 6.07) is 15.5. The third-order valence-electron chi connectivity index (χ3n) is 3.70. The van der Waals surface area contributed by atoms with E-state index in [9.17, 15) is 9.59 Å². The molecule has 0 spiro atoms. The van der Waals surface area contributed by atoms with E-state index in [1.54, 1.807) is 60.7 Å². The van der Waals surface area contributed by atoms with Crippen molar-refractivity contribution in [3.63, 3.8) is 0 Å². The summed E-state index contributed by atoms with van der Waals surface area (Å²) in [6.07, 6.45) is 2.93. The quantitative estimate of drug-likeness (QED) is 0.513. The lowest BCUT2D eigenvalue weighted by atomic mass is 10.2. The standard InChI is InChI=1S/C21H16Cl2N2O3/c1-13(26)24-15-3-5-16(6-4-15)25-21(27)11-8-17-7-10-20(28-17)18-9-2-14(22)12-19(18)23/h2-12H,1H3,(H,24,26)(H,25,27). The van der Waals surface area contributed by atoms with E-state index in [0.717, 1.165) is 5.56 Å². The normalized spacial score (nSPS) is 10.8. The first-order valence-electron chi connectivity index (χ1n) is 8.33. The first-order chi connectivity index (χ1) is 13.4. The number of benzene rings is 2. The van der Waals surface area contributed by atoms with E-state index in [1.807, 2.05) is 0 Å². The average Bonchev–Trinajstić information content (AvgIpc) is 3.10. The second-order valence-corrected chi connectivity index (χ2v) is 6.75. The van der Waals surface area contributed by atoms with Gasteiger partial charge in [0, 0.05) is 35.0 Å². The van der Waals surface area contributed by atoms with Gasteiger partial charge in [-0.2, -0.15) is 0 Å². The van der Waals surface area contributed by atoms with Crippen molar-refractivity contribution in [2.45, 2.75) is 6.92 Å². The van der Waals surface area contributed by atoms with Crippen molar-refractivity contribution in [3.8, 4) is 11.3 Å². The lowest BCUT2D eigenvalue weighted by molar-refractivity contribution is -0.114. The Morgan fingerprint density at radius 3 is 2.25 bits per heavy atom. The summed E-state index contributed by atoms with van der Waals surface area (Å²) in [5.41, 5.74) is 1.98. The van der Waals surface area contributed by atoms with Gasteiger partial charge in [0.25, 0.3) is 0 Å². The number of hydrogen-bond acceptors (Lipinski definition) is 3. The number of nitrogens with one attached hydrogen (secondary N) is 2. The van der Waals surface area contributed by atoms with Crippen LogP contribution in [-0.4, -0.2) is 11.8 Å². The smallest absolute Gasteiger partial charge is 0.248 e. The van der Waals surface area contributed by atoms with Crippen LogP contribution in [0.5, 0.6) is 0 Å². The predicted octanol–water partition coefficient (Wildman–Crippen LogP) is 5.86. The highest BCUT2D eigenvalue weighted by Crippen LogP contribution is 2.31. The Hall–Kier alpha value is -3.02. The molecule has 0 atom stereocenters. The van der Waals surface area contributed by atoms with Crippen LogP contribution in [0.3, 0.4) is 0 Å². The molecule has 2 aromatic carbocycles. The summed E-state index contributed by atoms with van der Waals surface area (Å²) in [5.74, 6) is 0.625. The van der Waals surface area contributed by atoms with Crippen molar-refractivity contribution in [1.29, 1.82) is 0 Å². The Morgan fingerprint density at radius 1 is 0.929 bits per heavy atom. The summed E-state index contributed by atoms with van der Waals surface area (Å²) in [4.78, 5) is 23.1. The van der Waals surface area contributed by atoms with E-state index in [1.165, 1.54) is 13.0 Å². The van der Waals surface area contributed by atoms with Gasteiger partial charge in [0.15, 0.2) is 0 Å². The summed E-state index contributed by atoms with van der Waals surface area (Å²) in [7, 11) is 0. The van der Waals surface area contributed by atoms with E-state index < -0.39 is 0 Å². The molecule has 0 fully saturated rings. The summed E-state index contributed by atoms with van der Waals surface area (Å²) < 4.78 is 5.71. The zero-order chi connectivity index (χ0) is 20.1. The van der Waals surface area contributed by atoms with Gasteiger partial charge in [-0.15, -0.1) is 0 Å². The lowest BCUT2D eigenvalue weighted by Crippen LogP contribution is -2.08. The molecule has 2 amide bonds. The molecular formula is C21H16Cl2N2O3. The van der Waals surface area contributed by atoms with Crippen molar-refractivity contribution in [2.24, 2.45) is 0 Å². The van der Waals surface area contributed by atoms with Gasteiger partial charge < -0.3 is 15.1 Å². The number of carbonyl (C=O) groups is 2. The van der Waals surface area contributed by atoms with E-state index in [-0.39, 0.29) is 11.8 Å². The van der Waals surface area contributed by atoms with Gasteiger partial charge in [-0.25, -0.2) is 0 Å². The van der Waals surface area contributed by atoms with Crippen molar-refractivity contribution in [2.75, 3.05) is 10.6 Å². The molecule has 1 aromatic heterocycles. The fraction of sp³-hybridized carbons (Fsp3) is 0.0476. The molecule has 3 aromatic rings. The third-order valence-corrected chi connectivity index (χ3v) is 4.24. The van der Waals surface area contributed by atoms with Crippen LogP contribution in [-0.2, 0) is 9.59 Å². The molecule has 0 unspecified atom stereocenters. The molecule has 142 valence electrons. The lowest BCUT2D eigenvalue weighted by Gasteiger charge is -2.05. The highest BCUT2D eigenvalue weighted by atomic mass is 35.5. The summed E-state index contributed by atoms with van der Waals surface area (Å²) >= 11 is 12.1. The maximum absolute atomic E-state index is 12.1. The van der Waals surface area contributed by atoms with Crippen molar-refractivity contribution >= 4 is 52.5 Å². The minimum absolute atomic E-state index is 0.155. The van der Waals surface area contributed by atoms with Gasteiger partial charge in [0.2, 0.25) is 11.8 Å². The first kappa shape index (κ1) is 19.7. The van der Waals surface area contributed by atoms with Crippen molar-refractivity contribution in [1.82, 2.24) is 0 Å². The Labute approximate surface area is 172 Å². The zero-order valence-corrected chi connectivity index (χ0v) is 16.3.